The Morgan fingerprint density at radius 3 is 2.50 bits per heavy atom. The summed E-state index contributed by atoms with van der Waals surface area (Å²) in [5.74, 6) is 0.934. The van der Waals surface area contributed by atoms with Gasteiger partial charge in [0.2, 0.25) is 0 Å². The molecule has 2 atom stereocenters. The van der Waals surface area contributed by atoms with Crippen LogP contribution in [0.1, 0.15) is 41.4 Å². The van der Waals surface area contributed by atoms with Crippen molar-refractivity contribution < 1.29 is 9.53 Å². The first kappa shape index (κ1) is 21.9. The third kappa shape index (κ3) is 3.24. The smallest absolute Gasteiger partial charge is 0.162 e. The number of anilines is 1. The normalized spacial score (nSPS) is 20.7. The minimum Gasteiger partial charge on any atom is -0.496 e. The molecule has 0 radical (unpaired) electrons. The number of para-hydroxylation sites is 2. The SMILES string of the molecule is COc1ccccc1[C@@H]1C(C#N)=C2N=C(N)c3ccccc3N2C2=C1C(=O)C[C@H](c1ccccc1)C2. The Balaban J connectivity index is 1.64. The number of aliphatic imine (C=N–C) groups is 1. The van der Waals surface area contributed by atoms with Crippen LogP contribution in [0.5, 0.6) is 5.75 Å². The average molecular weight is 473 g/mol. The first-order valence-corrected chi connectivity index (χ1v) is 11.9. The highest BCUT2D eigenvalue weighted by Crippen LogP contribution is 2.52. The molecule has 2 heterocycles. The number of nitriles is 1. The zero-order valence-corrected chi connectivity index (χ0v) is 19.8. The van der Waals surface area contributed by atoms with Gasteiger partial charge in [-0.15, -0.1) is 0 Å². The van der Waals surface area contributed by atoms with E-state index < -0.39 is 5.92 Å². The van der Waals surface area contributed by atoms with Gasteiger partial charge in [-0.2, -0.15) is 5.26 Å². The number of Topliss-reactive ketones (excluding diaryl/α,β-unsaturated/α-hetero) is 1. The van der Waals surface area contributed by atoms with E-state index in [0.29, 0.717) is 41.4 Å². The first-order chi connectivity index (χ1) is 17.6. The summed E-state index contributed by atoms with van der Waals surface area (Å²) in [6.07, 6.45) is 1.02. The number of benzene rings is 3. The lowest BCUT2D eigenvalue weighted by molar-refractivity contribution is -0.116. The quantitative estimate of drug-likeness (QED) is 0.569. The Morgan fingerprint density at radius 2 is 1.72 bits per heavy atom. The third-order valence-corrected chi connectivity index (χ3v) is 7.27. The molecule has 0 saturated carbocycles. The molecule has 3 aliphatic rings. The number of ketones is 1. The number of nitrogens with two attached hydrogens (primary N) is 1. The van der Waals surface area contributed by atoms with Crippen molar-refractivity contribution >= 4 is 17.3 Å². The van der Waals surface area contributed by atoms with Gasteiger partial charge in [0.15, 0.2) is 11.6 Å². The molecule has 1 aliphatic carbocycles. The van der Waals surface area contributed by atoms with Gasteiger partial charge >= 0.3 is 0 Å². The standard InChI is InChI=1S/C30H24N4O2/c1-36-26-14-8-6-12-21(26)27-22(17-31)30-33-29(32)20-11-5-7-13-23(20)34(30)24-15-19(16-25(35)28(24)27)18-9-3-2-4-10-18/h2-14,19,27H,15-16H2,1H3,(H2,32,33)/t19-,27-/m1/s1. The maximum absolute atomic E-state index is 14.0. The predicted molar refractivity (Wildman–Crippen MR) is 138 cm³/mol. The Morgan fingerprint density at radius 1 is 1.00 bits per heavy atom. The summed E-state index contributed by atoms with van der Waals surface area (Å²) >= 11 is 0. The highest BCUT2D eigenvalue weighted by atomic mass is 16.5. The minimum atomic E-state index is -0.585. The summed E-state index contributed by atoms with van der Waals surface area (Å²) in [5.41, 5.74) is 11.8. The van der Waals surface area contributed by atoms with Crippen LogP contribution in [-0.2, 0) is 4.79 Å². The van der Waals surface area contributed by atoms with E-state index in [4.69, 9.17) is 15.5 Å². The van der Waals surface area contributed by atoms with Gasteiger partial charge in [0.05, 0.1) is 30.4 Å². The second-order valence-electron chi connectivity index (χ2n) is 9.17. The van der Waals surface area contributed by atoms with Gasteiger partial charge in [0, 0.05) is 28.8 Å². The molecule has 0 aromatic heterocycles. The van der Waals surface area contributed by atoms with Crippen LogP contribution in [0.3, 0.4) is 0 Å². The molecule has 176 valence electrons. The summed E-state index contributed by atoms with van der Waals surface area (Å²) in [6, 6.07) is 27.8. The highest BCUT2D eigenvalue weighted by molar-refractivity contribution is 6.08. The lowest BCUT2D eigenvalue weighted by Crippen LogP contribution is -2.40. The molecule has 3 aromatic rings. The van der Waals surface area contributed by atoms with Crippen molar-refractivity contribution in [2.24, 2.45) is 10.7 Å². The monoisotopic (exact) mass is 472 g/mol. The van der Waals surface area contributed by atoms with Crippen molar-refractivity contribution in [2.75, 3.05) is 12.0 Å². The molecule has 0 amide bonds. The molecule has 0 saturated heterocycles. The predicted octanol–water partition coefficient (Wildman–Crippen LogP) is 5.15. The second kappa shape index (κ2) is 8.54. The van der Waals surface area contributed by atoms with Gasteiger partial charge < -0.3 is 10.5 Å². The van der Waals surface area contributed by atoms with Crippen molar-refractivity contribution in [1.29, 1.82) is 5.26 Å². The van der Waals surface area contributed by atoms with E-state index in [-0.39, 0.29) is 11.7 Å². The van der Waals surface area contributed by atoms with Gasteiger partial charge in [-0.05, 0) is 36.1 Å². The summed E-state index contributed by atoms with van der Waals surface area (Å²) in [6.45, 7) is 0. The summed E-state index contributed by atoms with van der Waals surface area (Å²) in [7, 11) is 1.60. The van der Waals surface area contributed by atoms with E-state index in [1.54, 1.807) is 7.11 Å². The van der Waals surface area contributed by atoms with Gasteiger partial charge in [-0.3, -0.25) is 9.69 Å². The van der Waals surface area contributed by atoms with Gasteiger partial charge in [0.25, 0.3) is 0 Å². The molecule has 0 unspecified atom stereocenters. The summed E-state index contributed by atoms with van der Waals surface area (Å²) in [4.78, 5) is 20.7. The van der Waals surface area contributed by atoms with Crippen molar-refractivity contribution in [2.45, 2.75) is 24.7 Å². The number of hydrogen-bond acceptors (Lipinski definition) is 6. The molecule has 0 bridgehead atoms. The highest BCUT2D eigenvalue weighted by Gasteiger charge is 2.45. The molecule has 0 fully saturated rings. The van der Waals surface area contributed by atoms with Crippen LogP contribution in [0.4, 0.5) is 5.69 Å². The number of carbonyl (C=O) groups is 1. The maximum Gasteiger partial charge on any atom is 0.162 e. The van der Waals surface area contributed by atoms with E-state index >= 15 is 0 Å². The zero-order chi connectivity index (χ0) is 24.8. The lowest BCUT2D eigenvalue weighted by atomic mass is 9.71. The Bertz CT molecular complexity index is 1530. The third-order valence-electron chi connectivity index (χ3n) is 7.27. The molecule has 36 heavy (non-hydrogen) atoms. The molecular weight excluding hydrogens is 448 g/mol. The maximum atomic E-state index is 14.0. The molecule has 6 nitrogen and oxygen atoms in total. The van der Waals surface area contributed by atoms with E-state index in [9.17, 15) is 10.1 Å². The van der Waals surface area contributed by atoms with Crippen LogP contribution in [0.25, 0.3) is 0 Å². The Labute approximate surface area is 209 Å². The van der Waals surface area contributed by atoms with Crippen LogP contribution in [0.2, 0.25) is 0 Å². The summed E-state index contributed by atoms with van der Waals surface area (Å²) < 4.78 is 5.67. The fraction of sp³-hybridized carbons (Fsp3) is 0.167. The first-order valence-electron chi connectivity index (χ1n) is 11.9. The lowest BCUT2D eigenvalue weighted by Gasteiger charge is -2.43. The number of carbonyl (C=O) groups excluding carboxylic acids is 1. The molecule has 2 aliphatic heterocycles. The van der Waals surface area contributed by atoms with Gasteiger partial charge in [-0.1, -0.05) is 60.7 Å². The van der Waals surface area contributed by atoms with Crippen molar-refractivity contribution in [3.63, 3.8) is 0 Å². The fourth-order valence-electron chi connectivity index (χ4n) is 5.69. The van der Waals surface area contributed by atoms with Crippen molar-refractivity contribution in [1.82, 2.24) is 0 Å². The number of amidine groups is 1. The molecule has 6 rings (SSSR count). The number of hydrogen-bond donors (Lipinski definition) is 1. The molecular formula is C30H24N4O2. The van der Waals surface area contributed by atoms with E-state index in [0.717, 1.165) is 28.1 Å². The van der Waals surface area contributed by atoms with Crippen LogP contribution < -0.4 is 15.4 Å². The van der Waals surface area contributed by atoms with E-state index in [1.165, 1.54) is 0 Å². The topological polar surface area (TPSA) is 91.7 Å². The second-order valence-corrected chi connectivity index (χ2v) is 9.17. The number of ether oxygens (including phenoxy) is 1. The number of nitrogens with zero attached hydrogens (tertiary/aromatic N) is 3. The van der Waals surface area contributed by atoms with Crippen LogP contribution >= 0.6 is 0 Å². The molecule has 2 N–H and O–H groups in total. The average Bonchev–Trinajstić information content (AvgIpc) is 2.92. The number of rotatable bonds is 3. The van der Waals surface area contributed by atoms with E-state index in [2.05, 4.69) is 18.2 Å². The van der Waals surface area contributed by atoms with Crippen LogP contribution in [0, 0.1) is 11.3 Å². The Hall–Kier alpha value is -4.63. The van der Waals surface area contributed by atoms with Crippen molar-refractivity contribution in [3.8, 4) is 11.8 Å². The number of methoxy groups -OCH3 is 1. The van der Waals surface area contributed by atoms with Crippen molar-refractivity contribution in [3.05, 3.63) is 118 Å². The largest absolute Gasteiger partial charge is 0.496 e. The molecule has 0 spiro atoms. The number of allylic oxidation sites excluding steroid dienone is 3. The minimum absolute atomic E-state index is 0.0241. The van der Waals surface area contributed by atoms with Gasteiger partial charge in [0.1, 0.15) is 11.6 Å². The fourth-order valence-corrected chi connectivity index (χ4v) is 5.69. The van der Waals surface area contributed by atoms with Crippen LogP contribution in [0.15, 0.2) is 107 Å². The molecule has 6 heteroatoms. The van der Waals surface area contributed by atoms with Gasteiger partial charge in [-0.25, -0.2) is 4.99 Å². The zero-order valence-electron chi connectivity index (χ0n) is 19.8. The number of fused-ring (bicyclic) bond motifs is 4. The molecule has 3 aromatic carbocycles. The van der Waals surface area contributed by atoms with Crippen LogP contribution in [-0.4, -0.2) is 18.7 Å². The Kier molecular flexibility index (Phi) is 5.19. The van der Waals surface area contributed by atoms with E-state index in [1.807, 2.05) is 71.6 Å². The summed E-state index contributed by atoms with van der Waals surface area (Å²) in [5, 5.41) is 10.4.